The number of rotatable bonds is 5. The van der Waals surface area contributed by atoms with Crippen molar-refractivity contribution >= 4 is 5.91 Å². The van der Waals surface area contributed by atoms with Gasteiger partial charge in [-0.15, -0.1) is 0 Å². The Bertz CT molecular complexity index is 211. The van der Waals surface area contributed by atoms with Crippen LogP contribution < -0.4 is 11.5 Å². The number of amides is 1. The van der Waals surface area contributed by atoms with Crippen molar-refractivity contribution in [3.8, 4) is 0 Å². The minimum atomic E-state index is -0.287. The molecule has 5 heteroatoms. The van der Waals surface area contributed by atoms with Crippen LogP contribution in [-0.4, -0.2) is 49.2 Å². The monoisotopic (exact) mass is 215 g/mol. The van der Waals surface area contributed by atoms with Gasteiger partial charge in [0.05, 0.1) is 12.7 Å². The Morgan fingerprint density at radius 3 is 2.93 bits per heavy atom. The van der Waals surface area contributed by atoms with E-state index in [4.69, 9.17) is 16.2 Å². The molecule has 15 heavy (non-hydrogen) atoms. The summed E-state index contributed by atoms with van der Waals surface area (Å²) in [4.78, 5) is 13.1. The van der Waals surface area contributed by atoms with Gasteiger partial charge in [-0.25, -0.2) is 0 Å². The van der Waals surface area contributed by atoms with Crippen LogP contribution in [0.2, 0.25) is 0 Å². The maximum absolute atomic E-state index is 10.9. The summed E-state index contributed by atoms with van der Waals surface area (Å²) in [6, 6.07) is 0.0699. The van der Waals surface area contributed by atoms with Crippen molar-refractivity contribution in [1.82, 2.24) is 4.90 Å². The predicted octanol–water partition coefficient (Wildman–Crippen LogP) is -0.700. The maximum atomic E-state index is 10.9. The molecule has 1 aliphatic rings. The zero-order chi connectivity index (χ0) is 11.3. The number of morpholine rings is 1. The highest BCUT2D eigenvalue weighted by Gasteiger charge is 2.25. The molecule has 5 nitrogen and oxygen atoms in total. The van der Waals surface area contributed by atoms with Crippen molar-refractivity contribution in [2.24, 2.45) is 11.5 Å². The van der Waals surface area contributed by atoms with E-state index in [0.29, 0.717) is 19.6 Å². The van der Waals surface area contributed by atoms with Gasteiger partial charge in [-0.1, -0.05) is 6.92 Å². The van der Waals surface area contributed by atoms with Gasteiger partial charge in [0.1, 0.15) is 0 Å². The van der Waals surface area contributed by atoms with Crippen molar-refractivity contribution in [1.29, 1.82) is 0 Å². The first-order valence-corrected chi connectivity index (χ1v) is 5.51. The molecule has 1 rings (SSSR count). The highest BCUT2D eigenvalue weighted by Crippen LogP contribution is 2.12. The van der Waals surface area contributed by atoms with E-state index in [0.717, 1.165) is 19.5 Å². The van der Waals surface area contributed by atoms with Gasteiger partial charge in [-0.3, -0.25) is 9.69 Å². The molecule has 1 heterocycles. The number of carbonyl (C=O) groups excluding carboxylic acids is 1. The van der Waals surface area contributed by atoms with Gasteiger partial charge in [0, 0.05) is 32.1 Å². The fourth-order valence-corrected chi connectivity index (χ4v) is 1.91. The van der Waals surface area contributed by atoms with E-state index < -0.39 is 0 Å². The molecule has 0 radical (unpaired) electrons. The second kappa shape index (κ2) is 6.05. The van der Waals surface area contributed by atoms with E-state index in [2.05, 4.69) is 11.8 Å². The zero-order valence-electron chi connectivity index (χ0n) is 9.32. The lowest BCUT2D eigenvalue weighted by molar-refractivity contribution is -0.120. The number of carbonyl (C=O) groups is 1. The summed E-state index contributed by atoms with van der Waals surface area (Å²) in [6.07, 6.45) is 1.60. The molecule has 0 aromatic rings. The van der Waals surface area contributed by atoms with E-state index in [9.17, 15) is 4.79 Å². The second-order valence-corrected chi connectivity index (χ2v) is 3.96. The Morgan fingerprint density at radius 1 is 1.67 bits per heavy atom. The standard InChI is InChI=1S/C10H21N3O2/c1-2-9-7-13(3-4-15-9)8(6-11)5-10(12)14/h8-9H,2-7,11H2,1H3,(H2,12,14). The van der Waals surface area contributed by atoms with Crippen LogP contribution in [0.5, 0.6) is 0 Å². The minimum Gasteiger partial charge on any atom is -0.376 e. The molecule has 1 amide bonds. The Kier molecular flexibility index (Phi) is 5.01. The molecule has 1 fully saturated rings. The lowest BCUT2D eigenvalue weighted by Gasteiger charge is -2.37. The highest BCUT2D eigenvalue weighted by atomic mass is 16.5. The van der Waals surface area contributed by atoms with Crippen LogP contribution in [0.1, 0.15) is 19.8 Å². The van der Waals surface area contributed by atoms with Crippen LogP contribution in [0.15, 0.2) is 0 Å². The molecular formula is C10H21N3O2. The van der Waals surface area contributed by atoms with Crippen LogP contribution in [0, 0.1) is 0 Å². The van der Waals surface area contributed by atoms with E-state index in [1.807, 2.05) is 0 Å². The molecule has 0 saturated carbocycles. The maximum Gasteiger partial charge on any atom is 0.219 e. The SMILES string of the molecule is CCC1CN(C(CN)CC(N)=O)CCO1. The quantitative estimate of drug-likeness (QED) is 0.635. The smallest absolute Gasteiger partial charge is 0.219 e. The van der Waals surface area contributed by atoms with E-state index in [-0.39, 0.29) is 18.1 Å². The fraction of sp³-hybridized carbons (Fsp3) is 0.900. The highest BCUT2D eigenvalue weighted by molar-refractivity contribution is 5.74. The summed E-state index contributed by atoms with van der Waals surface area (Å²) in [7, 11) is 0. The number of hydrogen-bond donors (Lipinski definition) is 2. The lowest BCUT2D eigenvalue weighted by atomic mass is 10.1. The van der Waals surface area contributed by atoms with Crippen LogP contribution in [0.3, 0.4) is 0 Å². The van der Waals surface area contributed by atoms with Crippen LogP contribution in [-0.2, 0) is 9.53 Å². The third-order valence-electron chi connectivity index (χ3n) is 2.85. The lowest BCUT2D eigenvalue weighted by Crippen LogP contribution is -2.51. The van der Waals surface area contributed by atoms with Gasteiger partial charge in [0.2, 0.25) is 5.91 Å². The molecule has 0 spiro atoms. The molecule has 2 unspecified atom stereocenters. The first-order valence-electron chi connectivity index (χ1n) is 5.51. The fourth-order valence-electron chi connectivity index (χ4n) is 1.91. The molecular weight excluding hydrogens is 194 g/mol. The molecule has 1 aliphatic heterocycles. The zero-order valence-corrected chi connectivity index (χ0v) is 9.32. The Labute approximate surface area is 90.7 Å². The normalized spacial score (nSPS) is 25.1. The first kappa shape index (κ1) is 12.4. The summed E-state index contributed by atoms with van der Waals surface area (Å²) in [5.74, 6) is -0.287. The number of nitrogens with two attached hydrogens (primary N) is 2. The summed E-state index contributed by atoms with van der Waals surface area (Å²) in [5.41, 5.74) is 10.8. The minimum absolute atomic E-state index is 0.0699. The van der Waals surface area contributed by atoms with Crippen LogP contribution >= 0.6 is 0 Å². The summed E-state index contributed by atoms with van der Waals surface area (Å²) < 4.78 is 5.56. The summed E-state index contributed by atoms with van der Waals surface area (Å²) in [5, 5.41) is 0. The van der Waals surface area contributed by atoms with Gasteiger partial charge >= 0.3 is 0 Å². The molecule has 0 aromatic carbocycles. The molecule has 1 saturated heterocycles. The third kappa shape index (κ3) is 3.77. The van der Waals surface area contributed by atoms with Gasteiger partial charge in [0.25, 0.3) is 0 Å². The Morgan fingerprint density at radius 2 is 2.40 bits per heavy atom. The van der Waals surface area contributed by atoms with Crippen molar-refractivity contribution in [3.05, 3.63) is 0 Å². The molecule has 0 aromatic heterocycles. The average molecular weight is 215 g/mol. The van der Waals surface area contributed by atoms with Gasteiger partial charge < -0.3 is 16.2 Å². The topological polar surface area (TPSA) is 81.6 Å². The Balaban J connectivity index is 2.47. The second-order valence-electron chi connectivity index (χ2n) is 3.96. The predicted molar refractivity (Wildman–Crippen MR) is 58.3 cm³/mol. The number of ether oxygens (including phenoxy) is 1. The third-order valence-corrected chi connectivity index (χ3v) is 2.85. The van der Waals surface area contributed by atoms with Gasteiger partial charge in [-0.2, -0.15) is 0 Å². The summed E-state index contributed by atoms with van der Waals surface area (Å²) >= 11 is 0. The Hall–Kier alpha value is -0.650. The van der Waals surface area contributed by atoms with Crippen molar-refractivity contribution in [2.45, 2.75) is 31.9 Å². The molecule has 0 aliphatic carbocycles. The van der Waals surface area contributed by atoms with Gasteiger partial charge in [-0.05, 0) is 6.42 Å². The van der Waals surface area contributed by atoms with Crippen molar-refractivity contribution < 1.29 is 9.53 Å². The van der Waals surface area contributed by atoms with Crippen LogP contribution in [0.4, 0.5) is 0 Å². The van der Waals surface area contributed by atoms with E-state index in [1.165, 1.54) is 0 Å². The summed E-state index contributed by atoms with van der Waals surface area (Å²) in [6.45, 7) is 4.98. The molecule has 4 N–H and O–H groups in total. The van der Waals surface area contributed by atoms with E-state index in [1.54, 1.807) is 0 Å². The number of primary amides is 1. The van der Waals surface area contributed by atoms with Crippen LogP contribution in [0.25, 0.3) is 0 Å². The van der Waals surface area contributed by atoms with Crippen molar-refractivity contribution in [3.63, 3.8) is 0 Å². The number of hydrogen-bond acceptors (Lipinski definition) is 4. The largest absolute Gasteiger partial charge is 0.376 e. The first-order chi connectivity index (χ1) is 7.17. The van der Waals surface area contributed by atoms with Gasteiger partial charge in [0.15, 0.2) is 0 Å². The number of nitrogens with zero attached hydrogens (tertiary/aromatic N) is 1. The average Bonchev–Trinajstić information content (AvgIpc) is 2.25. The molecule has 2 atom stereocenters. The van der Waals surface area contributed by atoms with E-state index >= 15 is 0 Å². The molecule has 88 valence electrons. The van der Waals surface area contributed by atoms with Crippen molar-refractivity contribution in [2.75, 3.05) is 26.2 Å². The molecule has 0 bridgehead atoms.